The molecule has 13 heteroatoms. The van der Waals surface area contributed by atoms with Crippen LogP contribution >= 0.6 is 23.2 Å². The molecule has 7 nitrogen and oxygen atoms in total. The summed E-state index contributed by atoms with van der Waals surface area (Å²) in [6, 6.07) is 3.69. The van der Waals surface area contributed by atoms with Gasteiger partial charge in [0.15, 0.2) is 5.78 Å². The number of hydrogen-bond donors (Lipinski definition) is 1. The summed E-state index contributed by atoms with van der Waals surface area (Å²) >= 11 is 11.9. The van der Waals surface area contributed by atoms with Crippen molar-refractivity contribution in [2.24, 2.45) is 15.1 Å². The highest BCUT2D eigenvalue weighted by molar-refractivity contribution is 7.96. The monoisotopic (exact) mass is 547 g/mol. The van der Waals surface area contributed by atoms with Crippen molar-refractivity contribution in [2.75, 3.05) is 6.54 Å². The maximum Gasteiger partial charge on any atom is 0.269 e. The van der Waals surface area contributed by atoms with Gasteiger partial charge in [0.25, 0.3) is 5.92 Å². The first kappa shape index (κ1) is 25.8. The van der Waals surface area contributed by atoms with Crippen molar-refractivity contribution >= 4 is 44.5 Å². The maximum absolute atomic E-state index is 15.1. The van der Waals surface area contributed by atoms with E-state index in [1.807, 2.05) is 0 Å². The van der Waals surface area contributed by atoms with Gasteiger partial charge in [0, 0.05) is 18.3 Å². The molecule has 4 rings (SSSR count). The normalized spacial score (nSPS) is 29.0. The Bertz CT molecular complexity index is 1390. The van der Waals surface area contributed by atoms with Gasteiger partial charge in [0.2, 0.25) is 0 Å². The summed E-state index contributed by atoms with van der Waals surface area (Å²) < 4.78 is 60.7. The predicted molar refractivity (Wildman–Crippen MR) is 128 cm³/mol. The molecule has 2 aliphatic rings. The van der Waals surface area contributed by atoms with Gasteiger partial charge in [-0.1, -0.05) is 23.2 Å². The van der Waals surface area contributed by atoms with E-state index in [2.05, 4.69) is 19.3 Å². The number of aliphatic imine (C=N–C) groups is 1. The van der Waals surface area contributed by atoms with Crippen molar-refractivity contribution in [1.29, 1.82) is 0 Å². The molecule has 0 aromatic carbocycles. The minimum atomic E-state index is -3.42. The van der Waals surface area contributed by atoms with E-state index in [0.717, 1.165) is 6.07 Å². The highest BCUT2D eigenvalue weighted by Gasteiger charge is 2.60. The average Bonchev–Trinajstić information content (AvgIpc) is 2.75. The first-order valence-corrected chi connectivity index (χ1v) is 12.9. The van der Waals surface area contributed by atoms with Gasteiger partial charge in [-0.15, -0.1) is 0 Å². The van der Waals surface area contributed by atoms with Crippen LogP contribution in [0.3, 0.4) is 0 Å². The number of halogens is 5. The average molecular weight is 548 g/mol. The Balaban J connectivity index is 1.82. The fourth-order valence-corrected chi connectivity index (χ4v) is 8.05. The fraction of sp³-hybridized carbons (Fsp3) is 0.455. The number of Topliss-reactive ketones (excluding diaryl/α,β-unsaturated/α-hetero) is 1. The predicted octanol–water partition coefficient (Wildman–Crippen LogP) is 4.59. The van der Waals surface area contributed by atoms with E-state index < -0.39 is 55.8 Å². The number of carbonyl (C=O) groups is 1. The molecule has 4 heterocycles. The zero-order chi connectivity index (χ0) is 26.0. The molecule has 0 unspecified atom stereocenters. The summed E-state index contributed by atoms with van der Waals surface area (Å²) in [4.78, 5) is 25.4. The molecule has 0 aliphatic carbocycles. The summed E-state index contributed by atoms with van der Waals surface area (Å²) in [6.45, 7) is 3.49. The topological polar surface area (TPSA) is 111 Å². The van der Waals surface area contributed by atoms with Crippen molar-refractivity contribution < 1.29 is 22.2 Å². The number of fused-ring (bicyclic) bond motifs is 1. The van der Waals surface area contributed by atoms with Crippen LogP contribution in [-0.2, 0) is 21.7 Å². The molecule has 0 saturated heterocycles. The van der Waals surface area contributed by atoms with Crippen molar-refractivity contribution in [3.63, 3.8) is 0 Å². The minimum Gasteiger partial charge on any atom is -0.386 e. The van der Waals surface area contributed by atoms with Crippen LogP contribution in [0.15, 0.2) is 33.8 Å². The van der Waals surface area contributed by atoms with Gasteiger partial charge < -0.3 is 5.73 Å². The molecule has 0 amide bonds. The Hall–Kier alpha value is -2.24. The molecule has 0 radical (unpaired) electrons. The van der Waals surface area contributed by atoms with E-state index >= 15 is 4.39 Å². The van der Waals surface area contributed by atoms with Gasteiger partial charge in [0.05, 0.1) is 31.4 Å². The van der Waals surface area contributed by atoms with Crippen molar-refractivity contribution in [1.82, 2.24) is 9.97 Å². The molecule has 188 valence electrons. The zero-order valence-electron chi connectivity index (χ0n) is 19.0. The molecular weight excluding hydrogens is 526 g/mol. The van der Waals surface area contributed by atoms with E-state index in [1.165, 1.54) is 39.1 Å². The van der Waals surface area contributed by atoms with Crippen LogP contribution in [0.4, 0.5) is 13.2 Å². The largest absolute Gasteiger partial charge is 0.386 e. The van der Waals surface area contributed by atoms with E-state index in [0.29, 0.717) is 0 Å². The molecule has 0 bridgehead atoms. The van der Waals surface area contributed by atoms with Crippen LogP contribution in [0.1, 0.15) is 49.1 Å². The van der Waals surface area contributed by atoms with Gasteiger partial charge in [0.1, 0.15) is 39.9 Å². The summed E-state index contributed by atoms with van der Waals surface area (Å²) in [5.41, 5.74) is 4.05. The van der Waals surface area contributed by atoms with Gasteiger partial charge in [-0.3, -0.25) is 14.8 Å². The van der Waals surface area contributed by atoms with Crippen molar-refractivity contribution in [3.05, 3.63) is 57.3 Å². The Labute approximate surface area is 210 Å². The number of ketones is 1. The standard InChI is InChI=1S/C22H22Cl2F3N5O2S/c1-20(2)19(28)32-21(3,16-8-22(26,27)10-30-35(16,20)34)18-14(25)5-4-12(31-18)7-15(33)17-13(24)6-11(23)9-29-17/h4-6,9,16H,7-8,10H2,1-3H3,(H2,28,32)/t16-,21+,35-/m1/s1. The molecular formula is C22H22Cl2F3N5O2S. The van der Waals surface area contributed by atoms with Crippen LogP contribution in [-0.4, -0.2) is 48.3 Å². The second kappa shape index (κ2) is 8.41. The molecule has 0 saturated carbocycles. The summed E-state index contributed by atoms with van der Waals surface area (Å²) in [6.07, 6.45) is 0.111. The Morgan fingerprint density at radius 3 is 2.60 bits per heavy atom. The molecule has 2 N–H and O–H groups in total. The summed E-state index contributed by atoms with van der Waals surface area (Å²) in [7, 11) is -3.42. The Morgan fingerprint density at radius 1 is 1.26 bits per heavy atom. The third-order valence-electron chi connectivity index (χ3n) is 6.48. The molecule has 3 atom stereocenters. The SMILES string of the molecule is CC1(C)C(N)=N[C@](C)(c2nc(CC(=O)c3ncc(Cl)cc3Cl)ccc2F)[C@H]2CC(F)(F)CN=[S@@]21=O. The highest BCUT2D eigenvalue weighted by atomic mass is 35.5. The number of carbonyl (C=O) groups excluding carboxylic acids is 1. The Kier molecular flexibility index (Phi) is 6.21. The number of nitrogens with zero attached hydrogens (tertiary/aromatic N) is 4. The van der Waals surface area contributed by atoms with Crippen LogP contribution in [0, 0.1) is 5.82 Å². The lowest BCUT2D eigenvalue weighted by Gasteiger charge is -2.48. The third kappa shape index (κ3) is 4.21. The van der Waals surface area contributed by atoms with Crippen LogP contribution in [0.2, 0.25) is 10.0 Å². The lowest BCUT2D eigenvalue weighted by atomic mass is 9.87. The van der Waals surface area contributed by atoms with Gasteiger partial charge >= 0.3 is 0 Å². The molecule has 2 aromatic heterocycles. The Morgan fingerprint density at radius 2 is 1.94 bits per heavy atom. The number of amidine groups is 1. The molecule has 2 aliphatic heterocycles. The number of aromatic nitrogens is 2. The molecule has 0 fully saturated rings. The van der Waals surface area contributed by atoms with Crippen molar-refractivity contribution in [3.8, 4) is 0 Å². The first-order chi connectivity index (χ1) is 16.1. The lowest BCUT2D eigenvalue weighted by Crippen LogP contribution is -2.62. The summed E-state index contributed by atoms with van der Waals surface area (Å²) in [5.74, 6) is -4.74. The second-order valence-electron chi connectivity index (χ2n) is 9.28. The minimum absolute atomic E-state index is 0.0365. The first-order valence-electron chi connectivity index (χ1n) is 10.6. The van der Waals surface area contributed by atoms with Gasteiger partial charge in [-0.05, 0) is 39.0 Å². The quantitative estimate of drug-likeness (QED) is 0.563. The fourth-order valence-electron chi connectivity index (χ4n) is 4.37. The number of nitrogens with two attached hydrogens (primary N) is 1. The molecule has 0 spiro atoms. The van der Waals surface area contributed by atoms with Crippen LogP contribution in [0.5, 0.6) is 0 Å². The van der Waals surface area contributed by atoms with Crippen LogP contribution in [0.25, 0.3) is 0 Å². The molecule has 2 aromatic rings. The van der Waals surface area contributed by atoms with E-state index in [9.17, 15) is 17.8 Å². The number of pyridine rings is 2. The molecule has 35 heavy (non-hydrogen) atoms. The highest BCUT2D eigenvalue weighted by Crippen LogP contribution is 2.49. The maximum atomic E-state index is 15.1. The van der Waals surface area contributed by atoms with E-state index in [4.69, 9.17) is 28.9 Å². The number of alkyl halides is 2. The van der Waals surface area contributed by atoms with Gasteiger partial charge in [-0.25, -0.2) is 26.7 Å². The van der Waals surface area contributed by atoms with Crippen LogP contribution < -0.4 is 5.73 Å². The summed E-state index contributed by atoms with van der Waals surface area (Å²) in [5, 5.41) is -1.09. The van der Waals surface area contributed by atoms with Crippen molar-refractivity contribution in [2.45, 2.75) is 55.1 Å². The third-order valence-corrected chi connectivity index (χ3v) is 10.6. The zero-order valence-corrected chi connectivity index (χ0v) is 21.3. The second-order valence-corrected chi connectivity index (χ2v) is 13.1. The number of rotatable bonds is 4. The van der Waals surface area contributed by atoms with E-state index in [1.54, 1.807) is 0 Å². The number of hydrogen-bond acceptors (Lipinski definition) is 7. The van der Waals surface area contributed by atoms with E-state index in [-0.39, 0.29) is 39.4 Å². The lowest BCUT2D eigenvalue weighted by molar-refractivity contribution is -0.00687. The smallest absolute Gasteiger partial charge is 0.269 e. The van der Waals surface area contributed by atoms with Gasteiger partial charge in [-0.2, -0.15) is 0 Å².